The van der Waals surface area contributed by atoms with Crippen LogP contribution in [0.5, 0.6) is 0 Å². The molecule has 3 amide bonds. The Balaban J connectivity index is 1.81. The highest BCUT2D eigenvalue weighted by atomic mass is 32.2. The van der Waals surface area contributed by atoms with Crippen LogP contribution >= 0.6 is 0 Å². The lowest BCUT2D eigenvalue weighted by Crippen LogP contribution is -2.52. The Morgan fingerprint density at radius 2 is 1.64 bits per heavy atom. The molecule has 0 bridgehead atoms. The summed E-state index contributed by atoms with van der Waals surface area (Å²) in [4.78, 5) is 24.8. The summed E-state index contributed by atoms with van der Waals surface area (Å²) in [6.45, 7) is 0.905. The predicted molar refractivity (Wildman–Crippen MR) is 94.0 cm³/mol. The minimum absolute atomic E-state index is 0.157. The zero-order valence-corrected chi connectivity index (χ0v) is 15.9. The van der Waals surface area contributed by atoms with Gasteiger partial charge in [-0.05, 0) is 19.1 Å². The van der Waals surface area contributed by atoms with Gasteiger partial charge in [0.05, 0.1) is 11.4 Å². The van der Waals surface area contributed by atoms with Crippen molar-refractivity contribution in [2.75, 3.05) is 39.3 Å². The second kappa shape index (κ2) is 8.88. The van der Waals surface area contributed by atoms with Crippen LogP contribution in [0.4, 0.5) is 18.0 Å². The van der Waals surface area contributed by atoms with Crippen LogP contribution in [0.2, 0.25) is 0 Å². The van der Waals surface area contributed by atoms with Crippen molar-refractivity contribution in [2.45, 2.75) is 18.0 Å². The molecule has 0 spiro atoms. The summed E-state index contributed by atoms with van der Waals surface area (Å²) in [7, 11) is -3.64. The SMILES string of the molecule is Cc1ccc(S(=O)(=O)N2CCN(CC(=O)NC(=O)NCC(F)(F)F)CC2)cc1. The highest BCUT2D eigenvalue weighted by Crippen LogP contribution is 2.18. The molecule has 1 aromatic carbocycles. The maximum Gasteiger partial charge on any atom is 0.405 e. The van der Waals surface area contributed by atoms with Gasteiger partial charge in [0.15, 0.2) is 0 Å². The summed E-state index contributed by atoms with van der Waals surface area (Å²) in [5.74, 6) is -0.769. The average Bonchev–Trinajstić information content (AvgIpc) is 2.60. The first-order valence-electron chi connectivity index (χ1n) is 8.41. The topological polar surface area (TPSA) is 98.8 Å². The van der Waals surface area contributed by atoms with Crippen LogP contribution in [0.25, 0.3) is 0 Å². The van der Waals surface area contributed by atoms with Crippen molar-refractivity contribution < 1.29 is 31.2 Å². The lowest BCUT2D eigenvalue weighted by molar-refractivity contribution is -0.125. The number of hydrogen-bond acceptors (Lipinski definition) is 5. The molecular weight excluding hydrogens is 401 g/mol. The van der Waals surface area contributed by atoms with E-state index >= 15 is 0 Å². The van der Waals surface area contributed by atoms with E-state index in [4.69, 9.17) is 0 Å². The Hall–Kier alpha value is -2.18. The number of halogens is 3. The summed E-state index contributed by atoms with van der Waals surface area (Å²) in [6, 6.07) is 5.24. The van der Waals surface area contributed by atoms with Crippen LogP contribution in [-0.2, 0) is 14.8 Å². The van der Waals surface area contributed by atoms with Crippen molar-refractivity contribution >= 4 is 22.0 Å². The van der Waals surface area contributed by atoms with E-state index in [2.05, 4.69) is 0 Å². The Morgan fingerprint density at radius 3 is 2.18 bits per heavy atom. The lowest BCUT2D eigenvalue weighted by Gasteiger charge is -2.33. The van der Waals surface area contributed by atoms with Gasteiger partial charge in [0.25, 0.3) is 0 Å². The molecule has 0 radical (unpaired) electrons. The molecule has 1 heterocycles. The molecule has 1 saturated heterocycles. The number of hydrogen-bond donors (Lipinski definition) is 2. The molecule has 8 nitrogen and oxygen atoms in total. The fraction of sp³-hybridized carbons (Fsp3) is 0.500. The quantitative estimate of drug-likeness (QED) is 0.728. The van der Waals surface area contributed by atoms with Crippen LogP contribution in [0.15, 0.2) is 29.2 Å². The molecule has 0 aromatic heterocycles. The van der Waals surface area contributed by atoms with Gasteiger partial charge >= 0.3 is 12.2 Å². The number of benzene rings is 1. The summed E-state index contributed by atoms with van der Waals surface area (Å²) >= 11 is 0. The van der Waals surface area contributed by atoms with Crippen molar-refractivity contribution in [1.29, 1.82) is 0 Å². The molecule has 28 heavy (non-hydrogen) atoms. The highest BCUT2D eigenvalue weighted by molar-refractivity contribution is 7.89. The van der Waals surface area contributed by atoms with Gasteiger partial charge in [-0.2, -0.15) is 17.5 Å². The van der Waals surface area contributed by atoms with Crippen molar-refractivity contribution in [3.63, 3.8) is 0 Å². The lowest BCUT2D eigenvalue weighted by atomic mass is 10.2. The molecule has 156 valence electrons. The van der Waals surface area contributed by atoms with Gasteiger partial charge in [0.2, 0.25) is 15.9 Å². The van der Waals surface area contributed by atoms with Gasteiger partial charge in [-0.15, -0.1) is 0 Å². The number of imide groups is 1. The summed E-state index contributed by atoms with van der Waals surface area (Å²) in [5, 5.41) is 3.35. The molecule has 1 aromatic rings. The molecule has 1 fully saturated rings. The second-order valence-corrected chi connectivity index (χ2v) is 8.28. The Labute approximate surface area is 160 Å². The van der Waals surface area contributed by atoms with E-state index < -0.39 is 34.7 Å². The predicted octanol–water partition coefficient (Wildman–Crippen LogP) is 0.689. The molecule has 1 aliphatic rings. The van der Waals surface area contributed by atoms with E-state index in [1.807, 2.05) is 12.2 Å². The zero-order chi connectivity index (χ0) is 20.9. The number of carbonyl (C=O) groups is 2. The van der Waals surface area contributed by atoms with Gasteiger partial charge < -0.3 is 5.32 Å². The van der Waals surface area contributed by atoms with Crippen LogP contribution < -0.4 is 10.6 Å². The maximum atomic E-state index is 12.6. The maximum absolute atomic E-state index is 12.6. The normalized spacial score (nSPS) is 16.6. The molecule has 2 N–H and O–H groups in total. The van der Waals surface area contributed by atoms with Gasteiger partial charge in [0.1, 0.15) is 6.54 Å². The third-order valence-electron chi connectivity index (χ3n) is 4.06. The molecule has 12 heteroatoms. The van der Waals surface area contributed by atoms with Gasteiger partial charge in [0, 0.05) is 26.2 Å². The molecule has 0 atom stereocenters. The van der Waals surface area contributed by atoms with Crippen LogP contribution in [0.1, 0.15) is 5.56 Å². The van der Waals surface area contributed by atoms with Gasteiger partial charge in [-0.25, -0.2) is 13.2 Å². The Bertz CT molecular complexity index is 804. The molecular formula is C16H21F3N4O4S. The molecule has 1 aliphatic heterocycles. The summed E-state index contributed by atoms with van der Waals surface area (Å²) in [5.41, 5.74) is 0.939. The number of amides is 3. The smallest absolute Gasteiger partial charge is 0.329 e. The number of urea groups is 1. The first kappa shape index (κ1) is 22.1. The molecule has 0 saturated carbocycles. The van der Waals surface area contributed by atoms with Crippen molar-refractivity contribution in [2.24, 2.45) is 0 Å². The van der Waals surface area contributed by atoms with Crippen molar-refractivity contribution in [1.82, 2.24) is 19.8 Å². The van der Waals surface area contributed by atoms with Crippen LogP contribution in [0, 0.1) is 6.92 Å². The van der Waals surface area contributed by atoms with Crippen LogP contribution in [-0.4, -0.2) is 75.0 Å². The van der Waals surface area contributed by atoms with Crippen LogP contribution in [0.3, 0.4) is 0 Å². The van der Waals surface area contributed by atoms with E-state index in [1.165, 1.54) is 21.8 Å². The number of aryl methyl sites for hydroxylation is 1. The monoisotopic (exact) mass is 422 g/mol. The summed E-state index contributed by atoms with van der Waals surface area (Å²) < 4.78 is 62.6. The third kappa shape index (κ3) is 6.46. The van der Waals surface area contributed by atoms with Crippen molar-refractivity contribution in [3.8, 4) is 0 Å². The molecule has 0 unspecified atom stereocenters. The number of nitrogens with zero attached hydrogens (tertiary/aromatic N) is 2. The minimum atomic E-state index is -4.57. The van der Waals surface area contributed by atoms with E-state index in [1.54, 1.807) is 17.0 Å². The van der Waals surface area contributed by atoms with E-state index in [9.17, 15) is 31.2 Å². The first-order chi connectivity index (χ1) is 13.0. The molecule has 0 aliphatic carbocycles. The van der Waals surface area contributed by atoms with E-state index in [-0.39, 0.29) is 37.6 Å². The minimum Gasteiger partial charge on any atom is -0.329 e. The number of rotatable bonds is 5. The fourth-order valence-electron chi connectivity index (χ4n) is 2.58. The van der Waals surface area contributed by atoms with E-state index in [0.717, 1.165) is 5.56 Å². The first-order valence-corrected chi connectivity index (χ1v) is 9.85. The average molecular weight is 422 g/mol. The third-order valence-corrected chi connectivity index (χ3v) is 5.97. The summed E-state index contributed by atoms with van der Waals surface area (Å²) in [6.07, 6.45) is -4.57. The van der Waals surface area contributed by atoms with E-state index in [0.29, 0.717) is 0 Å². The van der Waals surface area contributed by atoms with Crippen molar-refractivity contribution in [3.05, 3.63) is 29.8 Å². The Morgan fingerprint density at radius 1 is 1.07 bits per heavy atom. The molecule has 2 rings (SSSR count). The van der Waals surface area contributed by atoms with Gasteiger partial charge in [-0.1, -0.05) is 17.7 Å². The standard InChI is InChI=1S/C16H21F3N4O4S/c1-12-2-4-13(5-3-12)28(26,27)23-8-6-22(7-9-23)10-14(24)21-15(25)20-11-16(17,18)19/h2-5H,6-11H2,1H3,(H2,20,21,24,25). The largest absolute Gasteiger partial charge is 0.405 e. The second-order valence-electron chi connectivity index (χ2n) is 6.34. The number of carbonyl (C=O) groups excluding carboxylic acids is 2. The number of piperazine rings is 1. The number of alkyl halides is 3. The fourth-order valence-corrected chi connectivity index (χ4v) is 4.00. The van der Waals surface area contributed by atoms with Gasteiger partial charge in [-0.3, -0.25) is 15.0 Å². The number of sulfonamides is 1. The number of nitrogens with one attached hydrogen (secondary N) is 2. The zero-order valence-electron chi connectivity index (χ0n) is 15.1. The highest BCUT2D eigenvalue weighted by Gasteiger charge is 2.30. The Kier molecular flexibility index (Phi) is 7.01.